The highest BCUT2D eigenvalue weighted by atomic mass is 35.5. The average molecular weight is 270 g/mol. The highest BCUT2D eigenvalue weighted by Crippen LogP contribution is 2.44. The lowest BCUT2D eigenvalue weighted by molar-refractivity contribution is -0.139. The summed E-state index contributed by atoms with van der Waals surface area (Å²) in [6.07, 6.45) is -4.65. The Bertz CT molecular complexity index is 452. The fraction of sp³-hybridized carbons (Fsp3) is 0.455. The molecule has 0 saturated heterocycles. The average Bonchev–Trinajstić information content (AvgIpc) is 2.17. The molecule has 1 aromatic carbocycles. The zero-order valence-corrected chi connectivity index (χ0v) is 10.3. The van der Waals surface area contributed by atoms with Gasteiger partial charge in [0.15, 0.2) is 5.82 Å². The number of nitrogen functional groups attached to an aromatic ring is 1. The summed E-state index contributed by atoms with van der Waals surface area (Å²) >= 11 is 5.71. The van der Waals surface area contributed by atoms with Crippen LogP contribution in [0, 0.1) is 12.7 Å². The molecule has 0 radical (unpaired) electrons. The Morgan fingerprint density at radius 1 is 1.24 bits per heavy atom. The van der Waals surface area contributed by atoms with Gasteiger partial charge in [-0.05, 0) is 24.0 Å². The Morgan fingerprint density at radius 3 is 2.06 bits per heavy atom. The summed E-state index contributed by atoms with van der Waals surface area (Å²) in [6.45, 7) is 4.15. The highest BCUT2D eigenvalue weighted by Gasteiger charge is 2.39. The molecular weight excluding hydrogens is 258 g/mol. The largest absolute Gasteiger partial charge is 0.417 e. The van der Waals surface area contributed by atoms with Crippen LogP contribution in [0.1, 0.15) is 36.5 Å². The monoisotopic (exact) mass is 269 g/mol. The van der Waals surface area contributed by atoms with Crippen LogP contribution in [0.15, 0.2) is 0 Å². The molecule has 2 N–H and O–H groups in total. The number of alkyl halides is 3. The zero-order chi connectivity index (χ0) is 13.5. The summed E-state index contributed by atoms with van der Waals surface area (Å²) in [6, 6.07) is 0. The summed E-state index contributed by atoms with van der Waals surface area (Å²) in [5, 5.41) is -0.351. The van der Waals surface area contributed by atoms with Gasteiger partial charge in [0.05, 0.1) is 16.3 Å². The standard InChI is InChI=1S/C11H12ClF4N/c1-4(2)6-7(11(14,15)16)5(3)9(13)10(17)8(6)12/h4H,17H2,1-3H3. The maximum absolute atomic E-state index is 13.5. The fourth-order valence-corrected chi connectivity index (χ4v) is 2.17. The minimum Gasteiger partial charge on any atom is -0.395 e. The molecule has 0 spiro atoms. The van der Waals surface area contributed by atoms with Gasteiger partial charge in [0, 0.05) is 0 Å². The Morgan fingerprint density at radius 2 is 1.71 bits per heavy atom. The predicted molar refractivity (Wildman–Crippen MR) is 59.7 cm³/mol. The number of hydrogen-bond donors (Lipinski definition) is 1. The Balaban J connectivity index is 3.79. The zero-order valence-electron chi connectivity index (χ0n) is 9.54. The van der Waals surface area contributed by atoms with Crippen molar-refractivity contribution < 1.29 is 17.6 Å². The summed E-state index contributed by atoms with van der Waals surface area (Å²) in [5.41, 5.74) is 3.24. The lowest BCUT2D eigenvalue weighted by Gasteiger charge is -2.21. The maximum Gasteiger partial charge on any atom is 0.417 e. The minimum absolute atomic E-state index is 0.157. The second-order valence-electron chi connectivity index (χ2n) is 4.11. The van der Waals surface area contributed by atoms with Gasteiger partial charge in [-0.3, -0.25) is 0 Å². The molecule has 0 amide bonds. The van der Waals surface area contributed by atoms with E-state index in [2.05, 4.69) is 0 Å². The van der Waals surface area contributed by atoms with Gasteiger partial charge < -0.3 is 5.73 Å². The number of nitrogens with two attached hydrogens (primary N) is 1. The van der Waals surface area contributed by atoms with Crippen LogP contribution in [0.3, 0.4) is 0 Å². The Labute approximate surface area is 102 Å². The van der Waals surface area contributed by atoms with Crippen molar-refractivity contribution >= 4 is 17.3 Å². The SMILES string of the molecule is Cc1c(F)c(N)c(Cl)c(C(C)C)c1C(F)(F)F. The topological polar surface area (TPSA) is 26.0 Å². The first kappa shape index (κ1) is 14.1. The van der Waals surface area contributed by atoms with Crippen molar-refractivity contribution in [1.29, 1.82) is 0 Å². The second kappa shape index (κ2) is 4.37. The molecule has 1 aromatic rings. The predicted octanol–water partition coefficient (Wildman–Crippen LogP) is 4.51. The van der Waals surface area contributed by atoms with Crippen molar-refractivity contribution in [2.75, 3.05) is 5.73 Å². The molecule has 0 aliphatic heterocycles. The van der Waals surface area contributed by atoms with Gasteiger partial charge in [-0.2, -0.15) is 13.2 Å². The molecule has 0 aromatic heterocycles. The molecule has 0 unspecified atom stereocenters. The van der Waals surface area contributed by atoms with Crippen LogP contribution in [-0.4, -0.2) is 0 Å². The number of halogens is 5. The molecule has 0 aliphatic rings. The molecule has 96 valence electrons. The van der Waals surface area contributed by atoms with Gasteiger partial charge in [-0.25, -0.2) is 4.39 Å². The third kappa shape index (κ3) is 2.34. The van der Waals surface area contributed by atoms with Crippen molar-refractivity contribution in [3.63, 3.8) is 0 Å². The molecule has 1 nitrogen and oxygen atoms in total. The maximum atomic E-state index is 13.5. The van der Waals surface area contributed by atoms with E-state index < -0.39 is 34.7 Å². The summed E-state index contributed by atoms with van der Waals surface area (Å²) in [4.78, 5) is 0. The first-order valence-corrected chi connectivity index (χ1v) is 5.30. The first-order valence-electron chi connectivity index (χ1n) is 4.93. The van der Waals surface area contributed by atoms with Crippen LogP contribution >= 0.6 is 11.6 Å². The van der Waals surface area contributed by atoms with Gasteiger partial charge in [-0.1, -0.05) is 25.4 Å². The number of hydrogen-bond acceptors (Lipinski definition) is 1. The second-order valence-corrected chi connectivity index (χ2v) is 4.49. The molecule has 0 aliphatic carbocycles. The van der Waals surface area contributed by atoms with E-state index in [0.717, 1.165) is 6.92 Å². The van der Waals surface area contributed by atoms with E-state index in [0.29, 0.717) is 0 Å². The van der Waals surface area contributed by atoms with Crippen LogP contribution in [0.25, 0.3) is 0 Å². The van der Waals surface area contributed by atoms with E-state index in [4.69, 9.17) is 17.3 Å². The van der Waals surface area contributed by atoms with Crippen LogP contribution in [0.2, 0.25) is 5.02 Å². The first-order chi connectivity index (χ1) is 7.59. The Kier molecular flexibility index (Phi) is 3.62. The van der Waals surface area contributed by atoms with E-state index in [1.54, 1.807) is 13.8 Å². The van der Waals surface area contributed by atoms with Crippen molar-refractivity contribution in [3.8, 4) is 0 Å². The number of anilines is 1. The molecule has 0 saturated carbocycles. The van der Waals surface area contributed by atoms with Gasteiger partial charge in [0.2, 0.25) is 0 Å². The van der Waals surface area contributed by atoms with E-state index in [1.165, 1.54) is 0 Å². The van der Waals surface area contributed by atoms with Gasteiger partial charge in [-0.15, -0.1) is 0 Å². The van der Waals surface area contributed by atoms with E-state index >= 15 is 0 Å². The van der Waals surface area contributed by atoms with Crippen molar-refractivity contribution in [2.45, 2.75) is 32.9 Å². The molecule has 6 heteroatoms. The van der Waals surface area contributed by atoms with Crippen molar-refractivity contribution in [1.82, 2.24) is 0 Å². The van der Waals surface area contributed by atoms with Gasteiger partial charge in [0.25, 0.3) is 0 Å². The molecule has 17 heavy (non-hydrogen) atoms. The van der Waals surface area contributed by atoms with Crippen LogP contribution in [0.5, 0.6) is 0 Å². The summed E-state index contributed by atoms with van der Waals surface area (Å²) in [7, 11) is 0. The fourth-order valence-electron chi connectivity index (χ4n) is 1.77. The summed E-state index contributed by atoms with van der Waals surface area (Å²) in [5.74, 6) is -1.60. The normalized spacial score (nSPS) is 12.3. The minimum atomic E-state index is -4.65. The van der Waals surface area contributed by atoms with Crippen LogP contribution in [0.4, 0.5) is 23.2 Å². The lowest BCUT2D eigenvalue weighted by atomic mass is 9.92. The van der Waals surface area contributed by atoms with Gasteiger partial charge in [0.1, 0.15) is 0 Å². The number of rotatable bonds is 1. The molecule has 0 atom stereocenters. The van der Waals surface area contributed by atoms with Crippen molar-refractivity contribution in [2.24, 2.45) is 0 Å². The van der Waals surface area contributed by atoms with Crippen molar-refractivity contribution in [3.05, 3.63) is 27.5 Å². The molecule has 0 bridgehead atoms. The molecule has 0 heterocycles. The molecule has 0 fully saturated rings. The quantitative estimate of drug-likeness (QED) is 0.589. The third-order valence-corrected chi connectivity index (χ3v) is 2.95. The Hall–Kier alpha value is -0.970. The highest BCUT2D eigenvalue weighted by molar-refractivity contribution is 6.34. The van der Waals surface area contributed by atoms with Gasteiger partial charge >= 0.3 is 6.18 Å². The molecule has 1 rings (SSSR count). The smallest absolute Gasteiger partial charge is 0.395 e. The summed E-state index contributed by atoms with van der Waals surface area (Å²) < 4.78 is 52.2. The number of benzene rings is 1. The van der Waals surface area contributed by atoms with Crippen LogP contribution < -0.4 is 5.73 Å². The van der Waals surface area contributed by atoms with Crippen LogP contribution in [-0.2, 0) is 6.18 Å². The molecular formula is C11H12ClF4N. The van der Waals surface area contributed by atoms with E-state index in [-0.39, 0.29) is 10.6 Å². The van der Waals surface area contributed by atoms with E-state index in [1.807, 2.05) is 0 Å². The lowest BCUT2D eigenvalue weighted by Crippen LogP contribution is -2.16. The van der Waals surface area contributed by atoms with E-state index in [9.17, 15) is 17.6 Å². The third-order valence-electron chi connectivity index (χ3n) is 2.54.